The second kappa shape index (κ2) is 5.32. The van der Waals surface area contributed by atoms with E-state index in [1.165, 1.54) is 18.2 Å². The molecule has 1 aromatic carbocycles. The van der Waals surface area contributed by atoms with Gasteiger partial charge in [0.2, 0.25) is 0 Å². The number of halogens is 2. The van der Waals surface area contributed by atoms with Crippen molar-refractivity contribution in [2.24, 2.45) is 0 Å². The third-order valence-electron chi connectivity index (χ3n) is 2.69. The minimum atomic E-state index is -0.516. The van der Waals surface area contributed by atoms with E-state index in [1.54, 1.807) is 16.8 Å². The highest BCUT2D eigenvalue weighted by atomic mass is 35.5. The van der Waals surface area contributed by atoms with Gasteiger partial charge in [0.15, 0.2) is 0 Å². The Morgan fingerprint density at radius 1 is 1.47 bits per heavy atom. The highest BCUT2D eigenvalue weighted by molar-refractivity contribution is 6.31. The highest BCUT2D eigenvalue weighted by Gasteiger charge is 2.13. The summed E-state index contributed by atoms with van der Waals surface area (Å²) in [6.07, 6.45) is 1.68. The number of nitrogens with one attached hydrogen (secondary N) is 1. The highest BCUT2D eigenvalue weighted by Crippen LogP contribution is 2.19. The zero-order valence-corrected chi connectivity index (χ0v) is 11.0. The van der Waals surface area contributed by atoms with Crippen LogP contribution in [0.15, 0.2) is 30.5 Å². The lowest BCUT2D eigenvalue weighted by Crippen LogP contribution is -2.16. The average Bonchev–Trinajstić information content (AvgIpc) is 2.75. The van der Waals surface area contributed by atoms with Gasteiger partial charge in [0.05, 0.1) is 10.7 Å². The van der Waals surface area contributed by atoms with Crippen LogP contribution in [-0.2, 0) is 6.54 Å². The Hall–Kier alpha value is -2.01. The molecule has 0 bridgehead atoms. The Kier molecular flexibility index (Phi) is 3.76. The number of rotatable bonds is 3. The largest absolute Gasteiger partial charge is 0.396 e. The third kappa shape index (κ3) is 2.88. The first-order chi connectivity index (χ1) is 9.01. The van der Waals surface area contributed by atoms with Crippen molar-refractivity contribution in [2.45, 2.75) is 13.5 Å². The lowest BCUT2D eigenvalue weighted by molar-refractivity contribution is 0.101. The Morgan fingerprint density at radius 3 is 2.84 bits per heavy atom. The Morgan fingerprint density at radius 2 is 2.21 bits per heavy atom. The van der Waals surface area contributed by atoms with Gasteiger partial charge in [0, 0.05) is 18.4 Å². The van der Waals surface area contributed by atoms with Gasteiger partial charge in [-0.2, -0.15) is 0 Å². The van der Waals surface area contributed by atoms with Crippen molar-refractivity contribution in [1.82, 2.24) is 4.57 Å². The van der Waals surface area contributed by atoms with Crippen molar-refractivity contribution >= 4 is 28.9 Å². The summed E-state index contributed by atoms with van der Waals surface area (Å²) in [4.78, 5) is 12.1. The molecule has 100 valence electrons. The van der Waals surface area contributed by atoms with E-state index in [0.717, 1.165) is 0 Å². The molecular formula is C13H13ClFN3O. The first-order valence-corrected chi connectivity index (χ1v) is 6.11. The van der Waals surface area contributed by atoms with E-state index in [2.05, 4.69) is 5.32 Å². The van der Waals surface area contributed by atoms with E-state index >= 15 is 0 Å². The number of amides is 1. The molecule has 6 heteroatoms. The van der Waals surface area contributed by atoms with Crippen LogP contribution in [0.25, 0.3) is 0 Å². The molecule has 19 heavy (non-hydrogen) atoms. The first-order valence-electron chi connectivity index (χ1n) is 5.73. The van der Waals surface area contributed by atoms with Crippen LogP contribution < -0.4 is 11.1 Å². The van der Waals surface area contributed by atoms with Crippen molar-refractivity contribution in [3.05, 3.63) is 47.0 Å². The lowest BCUT2D eigenvalue weighted by Gasteiger charge is -2.08. The second-order valence-corrected chi connectivity index (χ2v) is 4.46. The van der Waals surface area contributed by atoms with Gasteiger partial charge >= 0.3 is 0 Å². The van der Waals surface area contributed by atoms with E-state index < -0.39 is 5.82 Å². The van der Waals surface area contributed by atoms with Crippen molar-refractivity contribution < 1.29 is 9.18 Å². The van der Waals surface area contributed by atoms with Crippen LogP contribution >= 0.6 is 11.6 Å². The van der Waals surface area contributed by atoms with Crippen molar-refractivity contribution in [1.29, 1.82) is 0 Å². The van der Waals surface area contributed by atoms with E-state index in [4.69, 9.17) is 17.3 Å². The normalized spacial score (nSPS) is 10.5. The summed E-state index contributed by atoms with van der Waals surface area (Å²) in [5, 5.41) is 3.14. The molecule has 0 saturated carbocycles. The SMILES string of the molecule is CCn1cc(Cl)cc1C(=O)Nc1ccc(F)c(N)c1. The maximum Gasteiger partial charge on any atom is 0.272 e. The number of aromatic nitrogens is 1. The number of hydrogen-bond acceptors (Lipinski definition) is 2. The number of hydrogen-bond donors (Lipinski definition) is 2. The van der Waals surface area contributed by atoms with Gasteiger partial charge in [-0.1, -0.05) is 11.6 Å². The Bertz CT molecular complexity index is 624. The van der Waals surface area contributed by atoms with Crippen LogP contribution in [0.3, 0.4) is 0 Å². The second-order valence-electron chi connectivity index (χ2n) is 4.02. The summed E-state index contributed by atoms with van der Waals surface area (Å²) in [6.45, 7) is 2.53. The molecule has 0 aliphatic carbocycles. The first kappa shape index (κ1) is 13.4. The summed E-state index contributed by atoms with van der Waals surface area (Å²) in [6, 6.07) is 5.60. The van der Waals surface area contributed by atoms with Gasteiger partial charge in [0.1, 0.15) is 11.5 Å². The predicted molar refractivity (Wildman–Crippen MR) is 73.9 cm³/mol. The molecule has 2 aromatic rings. The number of nitrogens with zero attached hydrogens (tertiary/aromatic N) is 1. The van der Waals surface area contributed by atoms with Crippen molar-refractivity contribution in [2.75, 3.05) is 11.1 Å². The predicted octanol–water partition coefficient (Wildman–Crippen LogP) is 3.14. The van der Waals surface area contributed by atoms with Crippen LogP contribution in [0, 0.1) is 5.82 Å². The molecular weight excluding hydrogens is 269 g/mol. The van der Waals surface area contributed by atoms with E-state index in [0.29, 0.717) is 22.9 Å². The molecule has 2 rings (SSSR count). The molecule has 0 unspecified atom stereocenters. The lowest BCUT2D eigenvalue weighted by atomic mass is 10.2. The van der Waals surface area contributed by atoms with Gasteiger partial charge in [0.25, 0.3) is 5.91 Å². The Labute approximate surface area is 115 Å². The Balaban J connectivity index is 2.22. The van der Waals surface area contributed by atoms with Gasteiger partial charge in [-0.3, -0.25) is 4.79 Å². The van der Waals surface area contributed by atoms with Crippen molar-refractivity contribution in [3.63, 3.8) is 0 Å². The standard InChI is InChI=1S/C13H13ClFN3O/c1-2-18-7-8(14)5-12(18)13(19)17-9-3-4-10(15)11(16)6-9/h3-7H,2,16H2,1H3,(H,17,19). The minimum absolute atomic E-state index is 0.0123. The topological polar surface area (TPSA) is 60.0 Å². The molecule has 0 radical (unpaired) electrons. The van der Waals surface area contributed by atoms with Gasteiger partial charge in [-0.25, -0.2) is 4.39 Å². The average molecular weight is 282 g/mol. The van der Waals surface area contributed by atoms with Gasteiger partial charge < -0.3 is 15.6 Å². The third-order valence-corrected chi connectivity index (χ3v) is 2.90. The number of nitrogen functional groups attached to an aromatic ring is 1. The zero-order chi connectivity index (χ0) is 14.0. The molecule has 0 aliphatic rings. The van der Waals surface area contributed by atoms with Crippen molar-refractivity contribution in [3.8, 4) is 0 Å². The maximum absolute atomic E-state index is 13.0. The monoisotopic (exact) mass is 281 g/mol. The number of carbonyl (C=O) groups is 1. The molecule has 0 atom stereocenters. The maximum atomic E-state index is 13.0. The van der Waals surface area contributed by atoms with Gasteiger partial charge in [-0.15, -0.1) is 0 Å². The zero-order valence-electron chi connectivity index (χ0n) is 10.3. The number of nitrogens with two attached hydrogens (primary N) is 1. The summed E-state index contributed by atoms with van der Waals surface area (Å²) >= 11 is 5.87. The van der Waals surface area contributed by atoms with E-state index in [1.807, 2.05) is 6.92 Å². The molecule has 0 saturated heterocycles. The molecule has 4 nitrogen and oxygen atoms in total. The summed E-state index contributed by atoms with van der Waals surface area (Å²) in [5.41, 5.74) is 6.30. The fraction of sp³-hybridized carbons (Fsp3) is 0.154. The number of aryl methyl sites for hydroxylation is 1. The minimum Gasteiger partial charge on any atom is -0.396 e. The van der Waals surface area contributed by atoms with Crippen LogP contribution in [0.4, 0.5) is 15.8 Å². The molecule has 1 heterocycles. The van der Waals surface area contributed by atoms with Gasteiger partial charge in [-0.05, 0) is 31.2 Å². The smallest absolute Gasteiger partial charge is 0.272 e. The molecule has 1 amide bonds. The summed E-state index contributed by atoms with van der Waals surface area (Å²) in [5.74, 6) is -0.835. The number of benzene rings is 1. The summed E-state index contributed by atoms with van der Waals surface area (Å²) in [7, 11) is 0. The van der Waals surface area contributed by atoms with Crippen LogP contribution in [-0.4, -0.2) is 10.5 Å². The van der Waals surface area contributed by atoms with Crippen LogP contribution in [0.2, 0.25) is 5.02 Å². The van der Waals surface area contributed by atoms with E-state index in [9.17, 15) is 9.18 Å². The molecule has 0 spiro atoms. The molecule has 1 aromatic heterocycles. The van der Waals surface area contributed by atoms with E-state index in [-0.39, 0.29) is 11.6 Å². The fourth-order valence-electron chi connectivity index (χ4n) is 1.74. The molecule has 0 aliphatic heterocycles. The van der Waals surface area contributed by atoms with Crippen LogP contribution in [0.5, 0.6) is 0 Å². The summed E-state index contributed by atoms with van der Waals surface area (Å²) < 4.78 is 14.7. The molecule has 0 fully saturated rings. The number of carbonyl (C=O) groups excluding carboxylic acids is 1. The molecule has 3 N–H and O–H groups in total. The fourth-order valence-corrected chi connectivity index (χ4v) is 1.96. The van der Waals surface area contributed by atoms with Crippen LogP contribution in [0.1, 0.15) is 17.4 Å². The quantitative estimate of drug-likeness (QED) is 0.849. The number of anilines is 2.